The Balaban J connectivity index is 2.16. The van der Waals surface area contributed by atoms with E-state index in [-0.39, 0.29) is 16.5 Å². The molecule has 2 rings (SSSR count). The summed E-state index contributed by atoms with van der Waals surface area (Å²) >= 11 is 5.61. The zero-order valence-electron chi connectivity index (χ0n) is 10.5. The first-order valence-corrected chi connectivity index (χ1v) is 6.22. The molecule has 0 radical (unpaired) electrons. The minimum atomic E-state index is -1.66. The Labute approximate surface area is 119 Å². The number of aliphatic hydroxyl groups excluding tert-OH is 1. The highest BCUT2D eigenvalue weighted by Gasteiger charge is 2.22. The largest absolute Gasteiger partial charge is 0.378 e. The van der Waals surface area contributed by atoms with E-state index in [2.05, 4.69) is 15.5 Å². The van der Waals surface area contributed by atoms with Gasteiger partial charge in [-0.2, -0.15) is 0 Å². The molecule has 0 aliphatic heterocycles. The molecule has 1 unspecified atom stereocenters. The number of hydrogen-bond donors (Lipinski definition) is 2. The maximum atomic E-state index is 13.6. The quantitative estimate of drug-likeness (QED) is 0.901. The predicted octanol–water partition coefficient (Wildman–Crippen LogP) is 1.76. The summed E-state index contributed by atoms with van der Waals surface area (Å²) in [5.74, 6) is -1.36. The van der Waals surface area contributed by atoms with Gasteiger partial charge >= 0.3 is 0 Å². The summed E-state index contributed by atoms with van der Waals surface area (Å²) in [4.78, 5) is 11.9. The molecule has 0 aliphatic rings. The molecule has 6 nitrogen and oxygen atoms in total. The van der Waals surface area contributed by atoms with Crippen molar-refractivity contribution in [1.82, 2.24) is 14.8 Å². The van der Waals surface area contributed by atoms with Crippen LogP contribution in [-0.4, -0.2) is 25.8 Å². The van der Waals surface area contributed by atoms with Gasteiger partial charge in [-0.15, -0.1) is 10.2 Å². The Kier molecular flexibility index (Phi) is 4.31. The summed E-state index contributed by atoms with van der Waals surface area (Å²) in [5, 5.41) is 19.8. The molecule has 0 saturated carbocycles. The second kappa shape index (κ2) is 5.98. The van der Waals surface area contributed by atoms with Crippen molar-refractivity contribution < 1.29 is 14.3 Å². The van der Waals surface area contributed by atoms with E-state index >= 15 is 0 Å². The average molecular weight is 299 g/mol. The number of benzene rings is 1. The van der Waals surface area contributed by atoms with E-state index in [0.29, 0.717) is 6.54 Å². The molecule has 8 heteroatoms. The molecule has 0 bridgehead atoms. The van der Waals surface area contributed by atoms with Gasteiger partial charge in [-0.05, 0) is 19.1 Å². The number of aliphatic hydroxyl groups is 1. The smallest absolute Gasteiger partial charge is 0.260 e. The number of aryl methyl sites for hydroxylation is 1. The molecular formula is C12H12ClFN4O2. The lowest BCUT2D eigenvalue weighted by molar-refractivity contribution is -0.124. The highest BCUT2D eigenvalue weighted by atomic mass is 35.5. The first-order chi connectivity index (χ1) is 9.52. The Bertz CT molecular complexity index is 632. The van der Waals surface area contributed by atoms with E-state index in [1.807, 2.05) is 6.92 Å². The number of amides is 1. The maximum absolute atomic E-state index is 13.6. The van der Waals surface area contributed by atoms with Crippen LogP contribution >= 0.6 is 11.6 Å². The van der Waals surface area contributed by atoms with Crippen LogP contribution in [0.15, 0.2) is 24.5 Å². The first-order valence-electron chi connectivity index (χ1n) is 5.84. The van der Waals surface area contributed by atoms with Gasteiger partial charge in [0.15, 0.2) is 6.10 Å². The fraction of sp³-hybridized carbons (Fsp3) is 0.250. The van der Waals surface area contributed by atoms with Crippen LogP contribution in [-0.2, 0) is 11.3 Å². The third kappa shape index (κ3) is 2.94. The molecule has 0 spiro atoms. The fourth-order valence-corrected chi connectivity index (χ4v) is 1.79. The summed E-state index contributed by atoms with van der Waals surface area (Å²) < 4.78 is 15.2. The van der Waals surface area contributed by atoms with Gasteiger partial charge in [0.25, 0.3) is 5.91 Å². The minimum absolute atomic E-state index is 0.158. The van der Waals surface area contributed by atoms with Crippen molar-refractivity contribution in [3.8, 4) is 0 Å². The van der Waals surface area contributed by atoms with Gasteiger partial charge in [-0.1, -0.05) is 17.7 Å². The lowest BCUT2D eigenvalue weighted by atomic mass is 10.1. The van der Waals surface area contributed by atoms with Crippen molar-refractivity contribution in [2.45, 2.75) is 19.6 Å². The number of anilines is 1. The lowest BCUT2D eigenvalue weighted by Crippen LogP contribution is -2.23. The van der Waals surface area contributed by atoms with Crippen molar-refractivity contribution in [2.75, 3.05) is 5.32 Å². The summed E-state index contributed by atoms with van der Waals surface area (Å²) in [6, 6.07) is 3.68. The van der Waals surface area contributed by atoms with Crippen LogP contribution in [0.2, 0.25) is 5.02 Å². The number of nitrogens with zero attached hydrogens (tertiary/aromatic N) is 3. The van der Waals surface area contributed by atoms with Crippen LogP contribution in [0.3, 0.4) is 0 Å². The molecule has 1 aromatic heterocycles. The van der Waals surface area contributed by atoms with Crippen molar-refractivity contribution in [2.24, 2.45) is 0 Å². The van der Waals surface area contributed by atoms with Gasteiger partial charge in [-0.25, -0.2) is 4.39 Å². The molecule has 1 aromatic carbocycles. The SMILES string of the molecule is CCn1cnnc1NC(=O)C(O)c1ccc(Cl)cc1F. The zero-order valence-corrected chi connectivity index (χ0v) is 11.3. The molecule has 0 saturated heterocycles. The zero-order chi connectivity index (χ0) is 14.7. The van der Waals surface area contributed by atoms with Gasteiger partial charge in [-0.3, -0.25) is 10.1 Å². The number of halogens is 2. The number of aromatic nitrogens is 3. The van der Waals surface area contributed by atoms with Gasteiger partial charge < -0.3 is 9.67 Å². The minimum Gasteiger partial charge on any atom is -0.378 e. The molecule has 106 valence electrons. The summed E-state index contributed by atoms with van der Waals surface area (Å²) in [6.07, 6.45) is -0.223. The average Bonchev–Trinajstić information content (AvgIpc) is 2.85. The molecule has 20 heavy (non-hydrogen) atoms. The predicted molar refractivity (Wildman–Crippen MR) is 70.7 cm³/mol. The van der Waals surface area contributed by atoms with Crippen LogP contribution in [0, 0.1) is 5.82 Å². The number of hydrogen-bond acceptors (Lipinski definition) is 4. The van der Waals surface area contributed by atoms with Crippen LogP contribution in [0.25, 0.3) is 0 Å². The second-order valence-corrected chi connectivity index (χ2v) is 4.43. The summed E-state index contributed by atoms with van der Waals surface area (Å²) in [6.45, 7) is 2.39. The van der Waals surface area contributed by atoms with E-state index in [0.717, 1.165) is 6.07 Å². The van der Waals surface area contributed by atoms with Crippen LogP contribution in [0.5, 0.6) is 0 Å². The highest BCUT2D eigenvalue weighted by Crippen LogP contribution is 2.21. The van der Waals surface area contributed by atoms with E-state index in [9.17, 15) is 14.3 Å². The van der Waals surface area contributed by atoms with Crippen LogP contribution in [0.1, 0.15) is 18.6 Å². The van der Waals surface area contributed by atoms with Crippen molar-refractivity contribution >= 4 is 23.5 Å². The molecular weight excluding hydrogens is 287 g/mol. The Hall–Kier alpha value is -1.99. The third-order valence-corrected chi connectivity index (χ3v) is 2.93. The van der Waals surface area contributed by atoms with Crippen LogP contribution in [0.4, 0.5) is 10.3 Å². The van der Waals surface area contributed by atoms with E-state index in [4.69, 9.17) is 11.6 Å². The third-order valence-electron chi connectivity index (χ3n) is 2.70. The maximum Gasteiger partial charge on any atom is 0.260 e. The van der Waals surface area contributed by atoms with Crippen molar-refractivity contribution in [3.05, 3.63) is 40.9 Å². The second-order valence-electron chi connectivity index (χ2n) is 4.00. The normalized spacial score (nSPS) is 12.2. The van der Waals surface area contributed by atoms with Gasteiger partial charge in [0.1, 0.15) is 12.1 Å². The molecule has 1 heterocycles. The molecule has 0 aliphatic carbocycles. The topological polar surface area (TPSA) is 80.0 Å². The first kappa shape index (κ1) is 14.4. The molecule has 2 aromatic rings. The molecule has 1 amide bonds. The number of nitrogens with one attached hydrogen (secondary N) is 1. The highest BCUT2D eigenvalue weighted by molar-refractivity contribution is 6.30. The molecule has 0 fully saturated rings. The fourth-order valence-electron chi connectivity index (χ4n) is 1.63. The van der Waals surface area contributed by atoms with Gasteiger partial charge in [0, 0.05) is 17.1 Å². The molecule has 2 N–H and O–H groups in total. The van der Waals surface area contributed by atoms with Crippen molar-refractivity contribution in [1.29, 1.82) is 0 Å². The Morgan fingerprint density at radius 1 is 1.60 bits per heavy atom. The number of carbonyl (C=O) groups is 1. The standard InChI is InChI=1S/C12H12ClFN4O2/c1-2-18-6-15-17-12(18)16-11(20)10(19)8-4-3-7(13)5-9(8)14/h3-6,10,19H,2H2,1H3,(H,16,17,20). The monoisotopic (exact) mass is 298 g/mol. The Morgan fingerprint density at radius 2 is 2.35 bits per heavy atom. The van der Waals surface area contributed by atoms with E-state index in [1.54, 1.807) is 4.57 Å². The van der Waals surface area contributed by atoms with Gasteiger partial charge in [0.05, 0.1) is 0 Å². The summed E-state index contributed by atoms with van der Waals surface area (Å²) in [7, 11) is 0. The lowest BCUT2D eigenvalue weighted by Gasteiger charge is -2.12. The van der Waals surface area contributed by atoms with Gasteiger partial charge in [0.2, 0.25) is 5.95 Å². The summed E-state index contributed by atoms with van der Waals surface area (Å²) in [5.41, 5.74) is -0.158. The number of carbonyl (C=O) groups excluding carboxylic acids is 1. The van der Waals surface area contributed by atoms with Crippen LogP contribution < -0.4 is 5.32 Å². The Morgan fingerprint density at radius 3 is 3.00 bits per heavy atom. The van der Waals surface area contributed by atoms with E-state index < -0.39 is 17.8 Å². The molecule has 1 atom stereocenters. The van der Waals surface area contributed by atoms with E-state index in [1.165, 1.54) is 18.5 Å². The van der Waals surface area contributed by atoms with Crippen molar-refractivity contribution in [3.63, 3.8) is 0 Å². The number of rotatable bonds is 4.